The van der Waals surface area contributed by atoms with E-state index in [1.807, 2.05) is 24.3 Å². The highest BCUT2D eigenvalue weighted by Crippen LogP contribution is 2.33. The third-order valence-corrected chi connectivity index (χ3v) is 3.20. The number of nitrogens with zero attached hydrogens (tertiary/aromatic N) is 1. The molecule has 15 heavy (non-hydrogen) atoms. The van der Waals surface area contributed by atoms with Crippen molar-refractivity contribution < 1.29 is 4.74 Å². The fraction of sp³-hybridized carbons (Fsp3) is 0.417. The zero-order chi connectivity index (χ0) is 10.7. The van der Waals surface area contributed by atoms with Crippen LogP contribution >= 0.6 is 11.6 Å². The summed E-state index contributed by atoms with van der Waals surface area (Å²) >= 11 is 6.07. The summed E-state index contributed by atoms with van der Waals surface area (Å²) in [6.45, 7) is 1.20. The Labute approximate surface area is 94.4 Å². The zero-order valence-corrected chi connectivity index (χ0v) is 9.13. The van der Waals surface area contributed by atoms with E-state index in [4.69, 9.17) is 16.3 Å². The predicted octanol–water partition coefficient (Wildman–Crippen LogP) is 2.81. The second-order valence-electron chi connectivity index (χ2n) is 3.96. The molecule has 1 aliphatic heterocycles. The second kappa shape index (κ2) is 4.22. The molecular weight excluding hydrogens is 210 g/mol. The first-order valence-corrected chi connectivity index (χ1v) is 5.36. The third kappa shape index (κ3) is 2.14. The van der Waals surface area contributed by atoms with Gasteiger partial charge in [-0.05, 0) is 24.5 Å². The molecule has 3 heteroatoms. The van der Waals surface area contributed by atoms with Crippen LogP contribution < -0.4 is 0 Å². The fourth-order valence-electron chi connectivity index (χ4n) is 1.88. The van der Waals surface area contributed by atoms with E-state index in [2.05, 4.69) is 6.07 Å². The van der Waals surface area contributed by atoms with Gasteiger partial charge in [-0.1, -0.05) is 29.8 Å². The molecule has 1 heterocycles. The fourth-order valence-corrected chi connectivity index (χ4v) is 2.08. The van der Waals surface area contributed by atoms with Crippen molar-refractivity contribution in [2.24, 2.45) is 5.41 Å². The van der Waals surface area contributed by atoms with Gasteiger partial charge in [0, 0.05) is 11.6 Å². The number of benzene rings is 1. The van der Waals surface area contributed by atoms with Crippen LogP contribution in [0.25, 0.3) is 0 Å². The highest BCUT2D eigenvalue weighted by Gasteiger charge is 2.35. The highest BCUT2D eigenvalue weighted by atomic mass is 35.5. The van der Waals surface area contributed by atoms with Crippen molar-refractivity contribution in [1.82, 2.24) is 0 Å². The average Bonchev–Trinajstić information content (AvgIpc) is 2.71. The summed E-state index contributed by atoms with van der Waals surface area (Å²) in [5.74, 6) is 0. The molecule has 78 valence electrons. The molecule has 0 aliphatic carbocycles. The minimum atomic E-state index is -0.370. The Morgan fingerprint density at radius 1 is 1.47 bits per heavy atom. The lowest BCUT2D eigenvalue weighted by atomic mass is 9.82. The van der Waals surface area contributed by atoms with Crippen molar-refractivity contribution in [2.75, 3.05) is 13.2 Å². The molecular formula is C12H12ClNO. The molecule has 1 aromatic rings. The van der Waals surface area contributed by atoms with Gasteiger partial charge in [0.15, 0.2) is 0 Å². The van der Waals surface area contributed by atoms with Crippen LogP contribution in [0.5, 0.6) is 0 Å². The molecule has 0 bridgehead atoms. The summed E-state index contributed by atoms with van der Waals surface area (Å²) in [5.41, 5.74) is 0.663. The number of rotatable bonds is 2. The lowest BCUT2D eigenvalue weighted by Gasteiger charge is -2.18. The molecule has 1 saturated heterocycles. The summed E-state index contributed by atoms with van der Waals surface area (Å²) in [6, 6.07) is 10.0. The van der Waals surface area contributed by atoms with Gasteiger partial charge in [0.2, 0.25) is 0 Å². The summed E-state index contributed by atoms with van der Waals surface area (Å²) in [7, 11) is 0. The molecule has 0 N–H and O–H groups in total. The largest absolute Gasteiger partial charge is 0.380 e. The van der Waals surface area contributed by atoms with E-state index in [0.29, 0.717) is 19.6 Å². The maximum absolute atomic E-state index is 9.20. The van der Waals surface area contributed by atoms with Crippen LogP contribution in [0.2, 0.25) is 5.02 Å². The van der Waals surface area contributed by atoms with Crippen LogP contribution in [-0.4, -0.2) is 13.2 Å². The van der Waals surface area contributed by atoms with Gasteiger partial charge in [-0.15, -0.1) is 0 Å². The van der Waals surface area contributed by atoms with Crippen LogP contribution in [0, 0.1) is 16.7 Å². The van der Waals surface area contributed by atoms with Crippen LogP contribution in [0.15, 0.2) is 24.3 Å². The van der Waals surface area contributed by atoms with E-state index in [1.165, 1.54) is 0 Å². The van der Waals surface area contributed by atoms with E-state index in [9.17, 15) is 5.26 Å². The quantitative estimate of drug-likeness (QED) is 0.770. The van der Waals surface area contributed by atoms with Crippen LogP contribution in [0.4, 0.5) is 0 Å². The monoisotopic (exact) mass is 221 g/mol. The lowest BCUT2D eigenvalue weighted by Crippen LogP contribution is -2.21. The number of hydrogen-bond acceptors (Lipinski definition) is 2. The van der Waals surface area contributed by atoms with Gasteiger partial charge < -0.3 is 4.74 Å². The number of nitriles is 1. The summed E-state index contributed by atoms with van der Waals surface area (Å²) in [6.07, 6.45) is 1.48. The Bertz CT molecular complexity index is 391. The number of ether oxygens (including phenoxy) is 1. The Kier molecular flexibility index (Phi) is 2.95. The van der Waals surface area contributed by atoms with Gasteiger partial charge in [-0.25, -0.2) is 0 Å². The Morgan fingerprint density at radius 2 is 2.27 bits per heavy atom. The molecule has 1 fully saturated rings. The molecule has 0 radical (unpaired) electrons. The summed E-state index contributed by atoms with van der Waals surface area (Å²) < 4.78 is 5.30. The minimum Gasteiger partial charge on any atom is -0.380 e. The summed E-state index contributed by atoms with van der Waals surface area (Å²) in [4.78, 5) is 0. The predicted molar refractivity (Wildman–Crippen MR) is 58.6 cm³/mol. The normalized spacial score (nSPS) is 25.1. The molecule has 1 atom stereocenters. The maximum atomic E-state index is 9.20. The highest BCUT2D eigenvalue weighted by molar-refractivity contribution is 6.31. The Hall–Kier alpha value is -1.04. The van der Waals surface area contributed by atoms with Crippen molar-refractivity contribution in [2.45, 2.75) is 12.8 Å². The first kappa shape index (κ1) is 10.5. The van der Waals surface area contributed by atoms with Gasteiger partial charge >= 0.3 is 0 Å². The standard InChI is InChI=1S/C12H12ClNO/c13-11-4-2-1-3-10(11)7-12(8-14)5-6-15-9-12/h1-4H,5-7,9H2. The van der Waals surface area contributed by atoms with Crippen LogP contribution in [0.3, 0.4) is 0 Å². The van der Waals surface area contributed by atoms with Gasteiger partial charge in [0.25, 0.3) is 0 Å². The van der Waals surface area contributed by atoms with E-state index in [0.717, 1.165) is 17.0 Å². The molecule has 1 aliphatic rings. The topological polar surface area (TPSA) is 33.0 Å². The van der Waals surface area contributed by atoms with Gasteiger partial charge in [-0.3, -0.25) is 0 Å². The van der Waals surface area contributed by atoms with Crippen LogP contribution in [-0.2, 0) is 11.2 Å². The van der Waals surface area contributed by atoms with E-state index in [-0.39, 0.29) is 5.41 Å². The zero-order valence-electron chi connectivity index (χ0n) is 8.37. The minimum absolute atomic E-state index is 0.370. The Balaban J connectivity index is 2.21. The molecule has 0 amide bonds. The van der Waals surface area contributed by atoms with Crippen molar-refractivity contribution in [3.8, 4) is 6.07 Å². The third-order valence-electron chi connectivity index (χ3n) is 2.83. The van der Waals surface area contributed by atoms with Crippen molar-refractivity contribution in [3.63, 3.8) is 0 Å². The van der Waals surface area contributed by atoms with E-state index >= 15 is 0 Å². The molecule has 2 nitrogen and oxygen atoms in total. The lowest BCUT2D eigenvalue weighted by molar-refractivity contribution is 0.171. The van der Waals surface area contributed by atoms with Crippen molar-refractivity contribution >= 4 is 11.6 Å². The maximum Gasteiger partial charge on any atom is 0.0869 e. The Morgan fingerprint density at radius 3 is 2.87 bits per heavy atom. The number of halogens is 1. The van der Waals surface area contributed by atoms with Crippen molar-refractivity contribution in [3.05, 3.63) is 34.9 Å². The van der Waals surface area contributed by atoms with Crippen LogP contribution in [0.1, 0.15) is 12.0 Å². The van der Waals surface area contributed by atoms with E-state index in [1.54, 1.807) is 0 Å². The molecule has 0 saturated carbocycles. The summed E-state index contributed by atoms with van der Waals surface area (Å²) in [5, 5.41) is 9.93. The molecule has 2 rings (SSSR count). The SMILES string of the molecule is N#CC1(Cc2ccccc2Cl)CCOC1. The van der Waals surface area contributed by atoms with Gasteiger partial charge in [0.1, 0.15) is 0 Å². The molecule has 1 aromatic carbocycles. The number of hydrogen-bond donors (Lipinski definition) is 0. The van der Waals surface area contributed by atoms with Gasteiger partial charge in [0.05, 0.1) is 18.1 Å². The average molecular weight is 222 g/mol. The van der Waals surface area contributed by atoms with E-state index < -0.39 is 0 Å². The molecule has 0 aromatic heterocycles. The molecule has 0 spiro atoms. The second-order valence-corrected chi connectivity index (χ2v) is 4.37. The first-order chi connectivity index (χ1) is 7.26. The molecule has 1 unspecified atom stereocenters. The van der Waals surface area contributed by atoms with Gasteiger partial charge in [-0.2, -0.15) is 5.26 Å². The van der Waals surface area contributed by atoms with Crippen molar-refractivity contribution in [1.29, 1.82) is 5.26 Å². The first-order valence-electron chi connectivity index (χ1n) is 4.98. The smallest absolute Gasteiger partial charge is 0.0869 e.